The van der Waals surface area contributed by atoms with E-state index >= 15 is 0 Å². The van der Waals surface area contributed by atoms with Crippen molar-refractivity contribution in [2.75, 3.05) is 6.54 Å². The molecule has 2 N–H and O–H groups in total. The number of carbonyl (C=O) groups excluding carboxylic acids is 2. The number of esters is 1. The smallest absolute Gasteiger partial charge is 0.322 e. The molecule has 6 heteroatoms. The molecule has 0 heterocycles. The van der Waals surface area contributed by atoms with Crippen LogP contribution in [0.25, 0.3) is 0 Å². The van der Waals surface area contributed by atoms with E-state index in [-0.39, 0.29) is 24.5 Å². The number of aliphatic carboxylic acids is 1. The van der Waals surface area contributed by atoms with Gasteiger partial charge in [0.2, 0.25) is 5.91 Å². The van der Waals surface area contributed by atoms with E-state index in [0.29, 0.717) is 12.8 Å². The number of carbonyl (C=O) groups is 3. The summed E-state index contributed by atoms with van der Waals surface area (Å²) in [6.45, 7) is 4.02. The topological polar surface area (TPSA) is 92.7 Å². The monoisotopic (exact) mass is 627 g/mol. The van der Waals surface area contributed by atoms with Crippen molar-refractivity contribution in [1.29, 1.82) is 0 Å². The summed E-state index contributed by atoms with van der Waals surface area (Å²) < 4.78 is 5.94. The van der Waals surface area contributed by atoms with Crippen molar-refractivity contribution < 1.29 is 24.2 Å². The number of hydrogen-bond acceptors (Lipinski definition) is 4. The summed E-state index contributed by atoms with van der Waals surface area (Å²) in [7, 11) is 0. The molecule has 0 fully saturated rings. The lowest BCUT2D eigenvalue weighted by Crippen LogP contribution is -2.28. The third-order valence-electron chi connectivity index (χ3n) is 7.41. The maximum Gasteiger partial charge on any atom is 0.322 e. The fourth-order valence-corrected chi connectivity index (χ4v) is 4.80. The Balaban J connectivity index is 4.37. The van der Waals surface area contributed by atoms with Gasteiger partial charge in [0, 0.05) is 12.8 Å². The van der Waals surface area contributed by atoms with Crippen molar-refractivity contribution in [3.8, 4) is 0 Å². The summed E-state index contributed by atoms with van der Waals surface area (Å²) in [5, 5.41) is 11.0. The highest BCUT2D eigenvalue weighted by atomic mass is 16.5. The third-order valence-corrected chi connectivity index (χ3v) is 7.41. The number of nitrogens with one attached hydrogen (secondary N) is 1. The molecule has 0 rings (SSSR count). The first-order valence-corrected chi connectivity index (χ1v) is 17.9. The van der Waals surface area contributed by atoms with E-state index in [4.69, 9.17) is 9.84 Å². The van der Waals surface area contributed by atoms with Crippen LogP contribution in [0.15, 0.2) is 60.8 Å². The molecule has 0 saturated heterocycles. The number of unbranched alkanes of at least 4 members (excludes halogenated alkanes) is 10. The van der Waals surface area contributed by atoms with Crippen LogP contribution in [-0.2, 0) is 19.1 Å². The molecule has 1 amide bonds. The van der Waals surface area contributed by atoms with Gasteiger partial charge in [-0.1, -0.05) is 120 Å². The second-order valence-electron chi connectivity index (χ2n) is 11.7. The Morgan fingerprint density at radius 3 is 1.78 bits per heavy atom. The van der Waals surface area contributed by atoms with Crippen LogP contribution < -0.4 is 5.32 Å². The first kappa shape index (κ1) is 42.1. The van der Waals surface area contributed by atoms with Gasteiger partial charge < -0.3 is 15.2 Å². The number of rotatable bonds is 31. The molecule has 0 aromatic rings. The molecule has 1 atom stereocenters. The van der Waals surface area contributed by atoms with E-state index in [1.165, 1.54) is 32.1 Å². The predicted molar refractivity (Wildman–Crippen MR) is 189 cm³/mol. The molecule has 0 aromatic heterocycles. The van der Waals surface area contributed by atoms with Gasteiger partial charge in [-0.3, -0.25) is 14.4 Å². The van der Waals surface area contributed by atoms with Gasteiger partial charge in [0.15, 0.2) is 0 Å². The SMILES string of the molecule is CC/C=C\C/C=C\C/C=C\C/C=C\CCC(CCCCCCCC(=O)NCC(=O)O)OC(=O)CCCCCCC/C=C\CCC. The number of carboxylic acids is 1. The highest BCUT2D eigenvalue weighted by Gasteiger charge is 2.14. The van der Waals surface area contributed by atoms with Gasteiger partial charge in [-0.25, -0.2) is 0 Å². The fourth-order valence-electron chi connectivity index (χ4n) is 4.80. The van der Waals surface area contributed by atoms with Gasteiger partial charge in [-0.15, -0.1) is 0 Å². The molecule has 256 valence electrons. The van der Waals surface area contributed by atoms with E-state index in [1.807, 2.05) is 0 Å². The highest BCUT2D eigenvalue weighted by molar-refractivity contribution is 5.80. The lowest BCUT2D eigenvalue weighted by molar-refractivity contribution is -0.150. The van der Waals surface area contributed by atoms with Crippen molar-refractivity contribution in [3.05, 3.63) is 60.8 Å². The van der Waals surface area contributed by atoms with E-state index < -0.39 is 5.97 Å². The normalized spacial score (nSPS) is 12.8. The number of allylic oxidation sites excluding steroid dienone is 10. The lowest BCUT2D eigenvalue weighted by atomic mass is 10.0. The van der Waals surface area contributed by atoms with Crippen LogP contribution in [0.1, 0.15) is 155 Å². The first-order chi connectivity index (χ1) is 22.0. The second-order valence-corrected chi connectivity index (χ2v) is 11.7. The minimum Gasteiger partial charge on any atom is -0.480 e. The molecular formula is C39H65NO5. The molecule has 0 aromatic carbocycles. The van der Waals surface area contributed by atoms with Gasteiger partial charge in [0.05, 0.1) is 0 Å². The number of carboxylic acid groups (broad SMARTS) is 1. The van der Waals surface area contributed by atoms with Crippen molar-refractivity contribution >= 4 is 17.8 Å². The van der Waals surface area contributed by atoms with Crippen LogP contribution in [0.5, 0.6) is 0 Å². The van der Waals surface area contributed by atoms with Crippen LogP contribution in [0.2, 0.25) is 0 Å². The molecule has 0 aliphatic heterocycles. The van der Waals surface area contributed by atoms with Crippen molar-refractivity contribution in [3.63, 3.8) is 0 Å². The quantitative estimate of drug-likeness (QED) is 0.0453. The standard InChI is InChI=1S/C39H65NO5/c1-3-5-7-9-11-13-15-16-17-18-20-23-27-31-36(32-28-24-22-25-29-33-37(41)40-35-38(42)43)45-39(44)34-30-26-21-19-14-12-10-8-6-4-2/h5,7-8,10-11,13,16-17,20,23,36H,3-4,6,9,12,14-15,18-19,21-22,24-35H2,1-2H3,(H,40,41)(H,42,43)/b7-5-,10-8-,13-11-,17-16-,23-20-. The molecule has 6 nitrogen and oxygen atoms in total. The average molecular weight is 628 g/mol. The average Bonchev–Trinajstić information content (AvgIpc) is 3.02. The van der Waals surface area contributed by atoms with Gasteiger partial charge >= 0.3 is 11.9 Å². The van der Waals surface area contributed by atoms with Gasteiger partial charge in [0.25, 0.3) is 0 Å². The van der Waals surface area contributed by atoms with E-state index in [9.17, 15) is 14.4 Å². The molecule has 45 heavy (non-hydrogen) atoms. The minimum atomic E-state index is -1.03. The van der Waals surface area contributed by atoms with Crippen LogP contribution in [0.4, 0.5) is 0 Å². The molecule has 0 aliphatic carbocycles. The second kappa shape index (κ2) is 34.0. The summed E-state index contributed by atoms with van der Waals surface area (Å²) in [4.78, 5) is 34.8. The Bertz CT molecular complexity index is 871. The van der Waals surface area contributed by atoms with Crippen LogP contribution in [0.3, 0.4) is 0 Å². The largest absolute Gasteiger partial charge is 0.480 e. The Labute approximate surface area is 275 Å². The molecule has 0 bridgehead atoms. The first-order valence-electron chi connectivity index (χ1n) is 17.9. The summed E-state index contributed by atoms with van der Waals surface area (Å²) in [6, 6.07) is 0. The zero-order chi connectivity index (χ0) is 33.1. The Hall–Kier alpha value is -2.89. The minimum absolute atomic E-state index is 0.0544. The van der Waals surface area contributed by atoms with Gasteiger partial charge in [-0.05, 0) is 83.5 Å². The Morgan fingerprint density at radius 1 is 0.600 bits per heavy atom. The fraction of sp³-hybridized carbons (Fsp3) is 0.667. The maximum absolute atomic E-state index is 12.6. The third kappa shape index (κ3) is 33.8. The summed E-state index contributed by atoms with van der Waals surface area (Å²) in [6.07, 6.45) is 43.3. The molecule has 0 saturated carbocycles. The number of hydrogen-bond donors (Lipinski definition) is 2. The zero-order valence-electron chi connectivity index (χ0n) is 28.7. The predicted octanol–water partition coefficient (Wildman–Crippen LogP) is 10.5. The van der Waals surface area contributed by atoms with Gasteiger partial charge in [-0.2, -0.15) is 0 Å². The van der Waals surface area contributed by atoms with Crippen LogP contribution in [-0.4, -0.2) is 35.6 Å². The molecular weight excluding hydrogens is 562 g/mol. The summed E-state index contributed by atoms with van der Waals surface area (Å²) >= 11 is 0. The Morgan fingerprint density at radius 2 is 1.13 bits per heavy atom. The summed E-state index contributed by atoms with van der Waals surface area (Å²) in [5.41, 5.74) is 0. The lowest BCUT2D eigenvalue weighted by Gasteiger charge is -2.17. The number of amides is 1. The summed E-state index contributed by atoms with van der Waals surface area (Å²) in [5.74, 6) is -1.30. The Kier molecular flexibility index (Phi) is 31.8. The maximum atomic E-state index is 12.6. The molecule has 0 spiro atoms. The molecule has 0 radical (unpaired) electrons. The van der Waals surface area contributed by atoms with Crippen molar-refractivity contribution in [1.82, 2.24) is 5.32 Å². The van der Waals surface area contributed by atoms with E-state index in [0.717, 1.165) is 96.3 Å². The molecule has 0 aliphatic rings. The zero-order valence-corrected chi connectivity index (χ0v) is 28.7. The van der Waals surface area contributed by atoms with Crippen molar-refractivity contribution in [2.45, 2.75) is 161 Å². The molecule has 1 unspecified atom stereocenters. The van der Waals surface area contributed by atoms with Crippen LogP contribution >= 0.6 is 0 Å². The highest BCUT2D eigenvalue weighted by Crippen LogP contribution is 2.17. The van der Waals surface area contributed by atoms with Crippen molar-refractivity contribution in [2.24, 2.45) is 0 Å². The van der Waals surface area contributed by atoms with Gasteiger partial charge in [0.1, 0.15) is 12.6 Å². The van der Waals surface area contributed by atoms with Crippen LogP contribution in [0, 0.1) is 0 Å². The van der Waals surface area contributed by atoms with E-state index in [2.05, 4.69) is 79.9 Å². The number of ether oxygens (including phenoxy) is 1. The van der Waals surface area contributed by atoms with E-state index in [1.54, 1.807) is 0 Å².